The molecule has 0 spiro atoms. The third-order valence-corrected chi connectivity index (χ3v) is 6.07. The molecule has 1 aromatic heterocycles. The van der Waals surface area contributed by atoms with Crippen LogP contribution in [-0.4, -0.2) is 30.3 Å². The number of anilines is 1. The number of para-hydroxylation sites is 1. The smallest absolute Gasteiger partial charge is 0.194 e. The van der Waals surface area contributed by atoms with E-state index in [0.29, 0.717) is 33.8 Å². The number of imidazole rings is 1. The van der Waals surface area contributed by atoms with Gasteiger partial charge in [-0.1, -0.05) is 36.4 Å². The third kappa shape index (κ3) is 4.45. The van der Waals surface area contributed by atoms with Gasteiger partial charge in [-0.2, -0.15) is 10.5 Å². The maximum Gasteiger partial charge on any atom is 0.194 e. The normalized spacial score (nSPS) is 12.3. The second-order valence-electron chi connectivity index (χ2n) is 8.28. The van der Waals surface area contributed by atoms with Gasteiger partial charge < -0.3 is 14.2 Å². The summed E-state index contributed by atoms with van der Waals surface area (Å²) >= 11 is 0. The highest BCUT2D eigenvalue weighted by molar-refractivity contribution is 5.83. The van der Waals surface area contributed by atoms with Crippen LogP contribution in [0.1, 0.15) is 22.4 Å². The monoisotopic (exact) mass is 465 g/mol. The number of nitriles is 2. The zero-order valence-corrected chi connectivity index (χ0v) is 19.7. The molecule has 1 heterocycles. The number of aromatic nitrogens is 2. The van der Waals surface area contributed by atoms with Crippen LogP contribution in [0, 0.1) is 22.7 Å². The van der Waals surface area contributed by atoms with Crippen molar-refractivity contribution in [1.29, 1.82) is 10.5 Å². The van der Waals surface area contributed by atoms with Gasteiger partial charge in [-0.15, -0.1) is 0 Å². The first-order valence-electron chi connectivity index (χ1n) is 11.0. The van der Waals surface area contributed by atoms with E-state index in [2.05, 4.69) is 17.1 Å². The minimum absolute atomic E-state index is 0.0892. The zero-order valence-electron chi connectivity index (χ0n) is 19.7. The molecule has 35 heavy (non-hydrogen) atoms. The fourth-order valence-corrected chi connectivity index (χ4v) is 4.34. The fraction of sp³-hybridized carbons (Fsp3) is 0.179. The van der Waals surface area contributed by atoms with Crippen molar-refractivity contribution in [3.63, 3.8) is 0 Å². The largest absolute Gasteiger partial charge is 0.497 e. The van der Waals surface area contributed by atoms with Gasteiger partial charge in [0.05, 0.1) is 54.8 Å². The molecule has 3 aromatic carbocycles. The van der Waals surface area contributed by atoms with Crippen molar-refractivity contribution in [1.82, 2.24) is 9.55 Å². The molecule has 0 bridgehead atoms. The number of alkyl halides is 1. The summed E-state index contributed by atoms with van der Waals surface area (Å²) < 4.78 is 24.1. The molecule has 0 N–H and O–H groups in total. The average molecular weight is 466 g/mol. The molecular weight excluding hydrogens is 441 g/mol. The Bertz CT molecular complexity index is 1430. The Hall–Kier alpha value is -4.62. The summed E-state index contributed by atoms with van der Waals surface area (Å²) in [7, 11) is 5.11. The number of halogens is 1. The Morgan fingerprint density at radius 3 is 2.43 bits per heavy atom. The van der Waals surface area contributed by atoms with Gasteiger partial charge >= 0.3 is 0 Å². The van der Waals surface area contributed by atoms with E-state index >= 15 is 4.39 Å². The first kappa shape index (κ1) is 23.5. The lowest BCUT2D eigenvalue weighted by Crippen LogP contribution is -2.38. The highest BCUT2D eigenvalue weighted by Crippen LogP contribution is 2.40. The predicted octanol–water partition coefficient (Wildman–Crippen LogP) is 5.19. The fourth-order valence-electron chi connectivity index (χ4n) is 4.34. The topological polar surface area (TPSA) is 77.9 Å². The van der Waals surface area contributed by atoms with Crippen LogP contribution < -0.4 is 9.64 Å². The molecule has 1 atom stereocenters. The summed E-state index contributed by atoms with van der Waals surface area (Å²) in [5.74, 6) is 0.686. The van der Waals surface area contributed by atoms with Gasteiger partial charge in [0.25, 0.3) is 0 Å². The van der Waals surface area contributed by atoms with Crippen LogP contribution >= 0.6 is 0 Å². The molecule has 0 aliphatic carbocycles. The average Bonchev–Trinajstić information content (AvgIpc) is 3.34. The van der Waals surface area contributed by atoms with Crippen molar-refractivity contribution >= 4 is 5.69 Å². The number of ether oxygens (including phenoxy) is 1. The van der Waals surface area contributed by atoms with Crippen molar-refractivity contribution in [2.24, 2.45) is 7.05 Å². The van der Waals surface area contributed by atoms with Crippen molar-refractivity contribution in [3.8, 4) is 29.0 Å². The van der Waals surface area contributed by atoms with E-state index in [1.54, 1.807) is 67.3 Å². The summed E-state index contributed by atoms with van der Waals surface area (Å²) in [6.45, 7) is -0.0892. The number of nitrogens with zero attached hydrogens (tertiary/aromatic N) is 5. The SMILES string of the molecule is COc1cccc(-c2cccc(C#N)c2N(C)CC(F)(c2ccc(C#N)cc2)c2cncn2C)c1. The van der Waals surface area contributed by atoms with Crippen LogP contribution in [0.25, 0.3) is 11.1 Å². The Kier molecular flexibility index (Phi) is 6.53. The Morgan fingerprint density at radius 2 is 1.80 bits per heavy atom. The second-order valence-corrected chi connectivity index (χ2v) is 8.28. The van der Waals surface area contributed by atoms with Gasteiger partial charge in [0, 0.05) is 19.7 Å². The predicted molar refractivity (Wildman–Crippen MR) is 133 cm³/mol. The molecule has 0 aliphatic heterocycles. The van der Waals surface area contributed by atoms with E-state index < -0.39 is 5.67 Å². The summed E-state index contributed by atoms with van der Waals surface area (Å²) in [6.07, 6.45) is 3.06. The zero-order chi connectivity index (χ0) is 25.0. The molecular formula is C28H24FN5O. The van der Waals surface area contributed by atoms with Crippen LogP contribution in [0.4, 0.5) is 10.1 Å². The standard InChI is InChI=1S/C28H24FN5O/c1-33(27-22(16-31)7-5-9-25(27)21-6-4-8-24(14-21)35-3)18-28(29,26-17-32-19-34(26)2)23-12-10-20(15-30)11-13-23/h4-14,17,19H,18H2,1-3H3. The summed E-state index contributed by atoms with van der Waals surface area (Å²) in [6, 6.07) is 23.8. The molecule has 0 fully saturated rings. The first-order chi connectivity index (χ1) is 16.9. The van der Waals surface area contributed by atoms with Crippen LogP contribution in [0.3, 0.4) is 0 Å². The highest BCUT2D eigenvalue weighted by Gasteiger charge is 2.39. The van der Waals surface area contributed by atoms with E-state index in [1.807, 2.05) is 36.4 Å². The van der Waals surface area contributed by atoms with E-state index in [9.17, 15) is 10.5 Å². The van der Waals surface area contributed by atoms with E-state index in [1.165, 1.54) is 6.20 Å². The number of likely N-dealkylation sites (N-methyl/N-ethyl adjacent to an activating group) is 1. The Morgan fingerprint density at radius 1 is 1.06 bits per heavy atom. The Labute approximate surface area is 204 Å². The van der Waals surface area contributed by atoms with Gasteiger partial charge in [0.2, 0.25) is 0 Å². The van der Waals surface area contributed by atoms with Gasteiger partial charge in [-0.3, -0.25) is 0 Å². The molecule has 4 aromatic rings. The van der Waals surface area contributed by atoms with Crippen LogP contribution in [-0.2, 0) is 12.7 Å². The third-order valence-electron chi connectivity index (χ3n) is 6.07. The molecule has 174 valence electrons. The molecule has 0 saturated heterocycles. The lowest BCUT2D eigenvalue weighted by atomic mass is 9.90. The van der Waals surface area contributed by atoms with Crippen molar-refractivity contribution < 1.29 is 9.13 Å². The molecule has 0 saturated carbocycles. The molecule has 7 heteroatoms. The van der Waals surface area contributed by atoms with E-state index in [-0.39, 0.29) is 6.54 Å². The van der Waals surface area contributed by atoms with Crippen LogP contribution in [0.15, 0.2) is 79.3 Å². The number of hydrogen-bond donors (Lipinski definition) is 0. The van der Waals surface area contributed by atoms with Crippen molar-refractivity contribution in [2.45, 2.75) is 5.67 Å². The van der Waals surface area contributed by atoms with E-state index in [0.717, 1.165) is 11.1 Å². The van der Waals surface area contributed by atoms with Crippen molar-refractivity contribution in [3.05, 3.63) is 102 Å². The second kappa shape index (κ2) is 9.70. The molecule has 6 nitrogen and oxygen atoms in total. The summed E-state index contributed by atoms with van der Waals surface area (Å²) in [4.78, 5) is 5.89. The lowest BCUT2D eigenvalue weighted by molar-refractivity contribution is 0.217. The molecule has 0 amide bonds. The summed E-state index contributed by atoms with van der Waals surface area (Å²) in [5, 5.41) is 19.1. The highest BCUT2D eigenvalue weighted by atomic mass is 19.1. The number of benzene rings is 3. The van der Waals surface area contributed by atoms with Gasteiger partial charge in [-0.25, -0.2) is 9.37 Å². The maximum atomic E-state index is 17.1. The van der Waals surface area contributed by atoms with Gasteiger partial charge in [0.15, 0.2) is 5.67 Å². The number of methoxy groups -OCH3 is 1. The van der Waals surface area contributed by atoms with Gasteiger partial charge in [-0.05, 0) is 41.5 Å². The molecule has 4 rings (SSSR count). The minimum Gasteiger partial charge on any atom is -0.497 e. The molecule has 0 radical (unpaired) electrons. The maximum absolute atomic E-state index is 17.1. The number of hydrogen-bond acceptors (Lipinski definition) is 5. The number of rotatable bonds is 7. The van der Waals surface area contributed by atoms with E-state index in [4.69, 9.17) is 4.74 Å². The van der Waals surface area contributed by atoms with Crippen LogP contribution in [0.2, 0.25) is 0 Å². The van der Waals surface area contributed by atoms with Crippen LogP contribution in [0.5, 0.6) is 5.75 Å². The first-order valence-corrected chi connectivity index (χ1v) is 11.0. The molecule has 0 aliphatic rings. The van der Waals surface area contributed by atoms with Crippen molar-refractivity contribution in [2.75, 3.05) is 25.6 Å². The van der Waals surface area contributed by atoms with Gasteiger partial charge in [0.1, 0.15) is 11.8 Å². The molecule has 1 unspecified atom stereocenters. The lowest BCUT2D eigenvalue weighted by Gasteiger charge is -2.33. The number of aryl methyl sites for hydroxylation is 1. The minimum atomic E-state index is -1.97. The quantitative estimate of drug-likeness (QED) is 0.375. The summed E-state index contributed by atoms with van der Waals surface area (Å²) in [5.41, 5.74) is 1.92. The Balaban J connectivity index is 1.84.